The first-order chi connectivity index (χ1) is 5.56. The first kappa shape index (κ1) is 11.9. The van der Waals surface area contributed by atoms with E-state index in [4.69, 9.17) is 5.84 Å². The molecule has 0 amide bonds. The molecule has 0 fully saturated rings. The third kappa shape index (κ3) is 3.55. The number of hydrogen-bond donors (Lipinski definition) is 1. The second-order valence-electron chi connectivity index (χ2n) is 3.96. The van der Waals surface area contributed by atoms with Crippen molar-refractivity contribution in [2.24, 2.45) is 5.84 Å². The van der Waals surface area contributed by atoms with Crippen molar-refractivity contribution in [1.29, 1.82) is 0 Å². The zero-order chi connectivity index (χ0) is 9.61. The molecule has 74 valence electrons. The van der Waals surface area contributed by atoms with Gasteiger partial charge in [-0.2, -0.15) is 0 Å². The number of rotatable bonds is 6. The molecule has 0 heterocycles. The van der Waals surface area contributed by atoms with Crippen molar-refractivity contribution < 1.29 is 0 Å². The molecule has 0 saturated heterocycles. The summed E-state index contributed by atoms with van der Waals surface area (Å²) in [4.78, 5) is 0. The molecular formula is C10H24N2. The molecule has 0 saturated carbocycles. The average Bonchev–Trinajstić information content (AvgIpc) is 2.01. The highest BCUT2D eigenvalue weighted by Crippen LogP contribution is 2.23. The maximum atomic E-state index is 5.83. The van der Waals surface area contributed by atoms with Crippen LogP contribution in [0.25, 0.3) is 0 Å². The zero-order valence-electron chi connectivity index (χ0n) is 9.06. The van der Waals surface area contributed by atoms with Crippen molar-refractivity contribution in [2.45, 2.75) is 58.4 Å². The third-order valence-corrected chi connectivity index (χ3v) is 2.71. The van der Waals surface area contributed by atoms with Crippen molar-refractivity contribution >= 4 is 0 Å². The highest BCUT2D eigenvalue weighted by atomic mass is 15.4. The monoisotopic (exact) mass is 172 g/mol. The summed E-state index contributed by atoms with van der Waals surface area (Å²) in [5.41, 5.74) is 0.213. The lowest BCUT2D eigenvalue weighted by molar-refractivity contribution is 0.113. The van der Waals surface area contributed by atoms with Gasteiger partial charge in [-0.15, -0.1) is 0 Å². The Hall–Kier alpha value is -0.0800. The van der Waals surface area contributed by atoms with Gasteiger partial charge in [0.2, 0.25) is 0 Å². The van der Waals surface area contributed by atoms with Crippen LogP contribution in [-0.2, 0) is 0 Å². The van der Waals surface area contributed by atoms with E-state index in [-0.39, 0.29) is 5.54 Å². The molecule has 0 aliphatic carbocycles. The molecule has 0 aromatic heterocycles. The van der Waals surface area contributed by atoms with E-state index in [0.29, 0.717) is 0 Å². The first-order valence-corrected chi connectivity index (χ1v) is 5.05. The normalized spacial score (nSPS) is 16.5. The molecule has 2 heteroatoms. The molecule has 0 aliphatic heterocycles. The molecule has 0 aliphatic rings. The van der Waals surface area contributed by atoms with E-state index >= 15 is 0 Å². The smallest absolute Gasteiger partial charge is 0.0320 e. The van der Waals surface area contributed by atoms with Crippen LogP contribution >= 0.6 is 0 Å². The third-order valence-electron chi connectivity index (χ3n) is 2.71. The highest BCUT2D eigenvalue weighted by Gasteiger charge is 2.25. The van der Waals surface area contributed by atoms with Crippen molar-refractivity contribution in [3.8, 4) is 0 Å². The molecule has 0 rings (SSSR count). The molecule has 2 nitrogen and oxygen atoms in total. The average molecular weight is 172 g/mol. The lowest BCUT2D eigenvalue weighted by Gasteiger charge is -2.36. The molecule has 12 heavy (non-hydrogen) atoms. The molecule has 1 atom stereocenters. The van der Waals surface area contributed by atoms with Crippen LogP contribution in [0.3, 0.4) is 0 Å². The van der Waals surface area contributed by atoms with Crippen LogP contribution in [-0.4, -0.2) is 17.6 Å². The first-order valence-electron chi connectivity index (χ1n) is 5.05. The van der Waals surface area contributed by atoms with E-state index in [2.05, 4.69) is 20.8 Å². The summed E-state index contributed by atoms with van der Waals surface area (Å²) < 4.78 is 0. The van der Waals surface area contributed by atoms with Gasteiger partial charge in [-0.1, -0.05) is 33.1 Å². The topological polar surface area (TPSA) is 29.3 Å². The summed E-state index contributed by atoms with van der Waals surface area (Å²) in [5.74, 6) is 5.83. The van der Waals surface area contributed by atoms with Crippen LogP contribution < -0.4 is 5.84 Å². The Morgan fingerprint density at radius 1 is 1.17 bits per heavy atom. The van der Waals surface area contributed by atoms with E-state index in [1.165, 1.54) is 32.1 Å². The minimum absolute atomic E-state index is 0.213. The van der Waals surface area contributed by atoms with Crippen molar-refractivity contribution in [3.05, 3.63) is 0 Å². The van der Waals surface area contributed by atoms with Gasteiger partial charge in [-0.3, -0.25) is 5.84 Å². The number of unbranched alkanes of at least 4 members (excludes halogenated alkanes) is 1. The van der Waals surface area contributed by atoms with E-state index in [1.807, 2.05) is 12.1 Å². The Labute approximate surface area is 77.1 Å². The van der Waals surface area contributed by atoms with Crippen LogP contribution in [0.4, 0.5) is 0 Å². The Balaban J connectivity index is 3.99. The predicted molar refractivity (Wildman–Crippen MR) is 54.8 cm³/mol. The molecule has 0 spiro atoms. The molecule has 0 aromatic rings. The Morgan fingerprint density at radius 2 is 1.75 bits per heavy atom. The second-order valence-corrected chi connectivity index (χ2v) is 3.96. The van der Waals surface area contributed by atoms with E-state index in [9.17, 15) is 0 Å². The number of hydrazine groups is 1. The van der Waals surface area contributed by atoms with Gasteiger partial charge < -0.3 is 0 Å². The van der Waals surface area contributed by atoms with Crippen LogP contribution in [0.1, 0.15) is 52.9 Å². The zero-order valence-corrected chi connectivity index (χ0v) is 9.06. The van der Waals surface area contributed by atoms with Crippen LogP contribution in [0.15, 0.2) is 0 Å². The van der Waals surface area contributed by atoms with Gasteiger partial charge in [-0.25, -0.2) is 5.01 Å². The fourth-order valence-corrected chi connectivity index (χ4v) is 1.57. The van der Waals surface area contributed by atoms with Crippen LogP contribution in [0.2, 0.25) is 0 Å². The second kappa shape index (κ2) is 5.55. The minimum atomic E-state index is 0.213. The van der Waals surface area contributed by atoms with E-state index < -0.39 is 0 Å². The quantitative estimate of drug-likeness (QED) is 0.493. The summed E-state index contributed by atoms with van der Waals surface area (Å²) in [7, 11) is 1.98. The Kier molecular flexibility index (Phi) is 5.51. The van der Waals surface area contributed by atoms with Gasteiger partial charge in [0.1, 0.15) is 0 Å². The van der Waals surface area contributed by atoms with Gasteiger partial charge in [0, 0.05) is 12.6 Å². The van der Waals surface area contributed by atoms with E-state index in [1.54, 1.807) is 0 Å². The molecule has 0 bridgehead atoms. The largest absolute Gasteiger partial charge is 0.269 e. The molecular weight excluding hydrogens is 148 g/mol. The van der Waals surface area contributed by atoms with Gasteiger partial charge in [0.15, 0.2) is 0 Å². The summed E-state index contributed by atoms with van der Waals surface area (Å²) in [6.45, 7) is 6.70. The maximum absolute atomic E-state index is 5.83. The molecule has 0 radical (unpaired) electrons. The van der Waals surface area contributed by atoms with Crippen molar-refractivity contribution in [3.63, 3.8) is 0 Å². The summed E-state index contributed by atoms with van der Waals surface area (Å²) in [6, 6.07) is 0. The molecule has 1 unspecified atom stereocenters. The van der Waals surface area contributed by atoms with Gasteiger partial charge >= 0.3 is 0 Å². The molecule has 2 N–H and O–H groups in total. The van der Waals surface area contributed by atoms with Crippen molar-refractivity contribution in [1.82, 2.24) is 5.01 Å². The SMILES string of the molecule is CCCCC(C)(CCC)N(C)N. The maximum Gasteiger partial charge on any atom is 0.0320 e. The fraction of sp³-hybridized carbons (Fsp3) is 1.00. The fourth-order valence-electron chi connectivity index (χ4n) is 1.57. The number of nitrogens with two attached hydrogens (primary N) is 1. The Morgan fingerprint density at radius 3 is 2.08 bits per heavy atom. The molecule has 0 aromatic carbocycles. The summed E-state index contributed by atoms with van der Waals surface area (Å²) >= 11 is 0. The van der Waals surface area contributed by atoms with Crippen molar-refractivity contribution in [2.75, 3.05) is 7.05 Å². The van der Waals surface area contributed by atoms with E-state index in [0.717, 1.165) is 0 Å². The van der Waals surface area contributed by atoms with Gasteiger partial charge in [0.25, 0.3) is 0 Å². The number of hydrogen-bond acceptors (Lipinski definition) is 2. The predicted octanol–water partition coefficient (Wildman–Crippen LogP) is 2.54. The minimum Gasteiger partial charge on any atom is -0.269 e. The lowest BCUT2D eigenvalue weighted by Crippen LogP contribution is -2.48. The summed E-state index contributed by atoms with van der Waals surface area (Å²) in [5, 5.41) is 1.88. The number of nitrogens with zero attached hydrogens (tertiary/aromatic N) is 1. The highest BCUT2D eigenvalue weighted by molar-refractivity contribution is 4.80. The lowest BCUT2D eigenvalue weighted by atomic mass is 9.90. The Bertz CT molecular complexity index is 112. The van der Waals surface area contributed by atoms with Crippen LogP contribution in [0.5, 0.6) is 0 Å². The van der Waals surface area contributed by atoms with Gasteiger partial charge in [0.05, 0.1) is 0 Å². The standard InChI is InChI=1S/C10H24N2/c1-5-7-9-10(3,8-6-2)12(4)11/h5-9,11H2,1-4H3. The van der Waals surface area contributed by atoms with Crippen LogP contribution in [0, 0.1) is 0 Å². The van der Waals surface area contributed by atoms with Gasteiger partial charge in [-0.05, 0) is 19.8 Å². The summed E-state index contributed by atoms with van der Waals surface area (Å²) in [6.07, 6.45) is 6.15.